The van der Waals surface area contributed by atoms with Gasteiger partial charge in [0, 0.05) is 29.1 Å². The van der Waals surface area contributed by atoms with E-state index >= 15 is 0 Å². The lowest BCUT2D eigenvalue weighted by atomic mass is 9.38. The zero-order chi connectivity index (χ0) is 19.9. The monoisotopic (exact) mass is 376 g/mol. The van der Waals surface area contributed by atoms with E-state index < -0.39 is 34.9 Å². The van der Waals surface area contributed by atoms with Gasteiger partial charge in [0.25, 0.3) is 0 Å². The van der Waals surface area contributed by atoms with Crippen LogP contribution in [0, 0.1) is 40.4 Å². The summed E-state index contributed by atoms with van der Waals surface area (Å²) in [6, 6.07) is 0. The molecule has 0 bridgehead atoms. The van der Waals surface area contributed by atoms with Gasteiger partial charge in [-0.15, -0.1) is 0 Å². The van der Waals surface area contributed by atoms with Gasteiger partial charge in [-0.05, 0) is 30.3 Å². The quantitative estimate of drug-likeness (QED) is 0.703. The van der Waals surface area contributed by atoms with Crippen molar-refractivity contribution in [3.8, 4) is 0 Å². The first kappa shape index (κ1) is 18.7. The Labute approximate surface area is 159 Å². The number of esters is 1. The molecule has 3 fully saturated rings. The molecular formula is C21H28O6. The second-order valence-corrected chi connectivity index (χ2v) is 9.32. The average Bonchev–Trinajstić information content (AvgIpc) is 2.61. The molecule has 1 N–H and O–H groups in total. The first-order valence-electron chi connectivity index (χ1n) is 9.80. The molecule has 9 atom stereocenters. The lowest BCUT2D eigenvalue weighted by molar-refractivity contribution is -0.249. The van der Waals surface area contributed by atoms with Crippen LogP contribution >= 0.6 is 0 Å². The van der Waals surface area contributed by atoms with E-state index in [0.29, 0.717) is 12.2 Å². The molecule has 0 aromatic heterocycles. The fourth-order valence-corrected chi connectivity index (χ4v) is 7.00. The number of carbonyl (C=O) groups is 3. The van der Waals surface area contributed by atoms with Crippen molar-refractivity contribution in [2.24, 2.45) is 40.4 Å². The molecule has 0 unspecified atom stereocenters. The Bertz CT molecular complexity index is 756. The maximum absolute atomic E-state index is 13.4. The minimum Gasteiger partial charge on any atom is -0.493 e. The number of ketones is 2. The predicted octanol–water partition coefficient (Wildman–Crippen LogP) is 1.90. The van der Waals surface area contributed by atoms with E-state index in [4.69, 9.17) is 9.47 Å². The number of ether oxygens (including phenoxy) is 2. The van der Waals surface area contributed by atoms with Gasteiger partial charge < -0.3 is 14.6 Å². The van der Waals surface area contributed by atoms with Crippen LogP contribution in [0.5, 0.6) is 0 Å². The molecule has 0 spiro atoms. The Morgan fingerprint density at radius 1 is 1.19 bits per heavy atom. The van der Waals surface area contributed by atoms with E-state index in [1.807, 2.05) is 26.8 Å². The van der Waals surface area contributed by atoms with Gasteiger partial charge >= 0.3 is 5.97 Å². The van der Waals surface area contributed by atoms with Gasteiger partial charge in [0.1, 0.15) is 12.2 Å². The molecule has 1 heterocycles. The SMILES string of the molecule is COC1=C[C@@H](C)[C@H]2C[C@H]3OC(=O)C[C@H]4[C@@H](C)C(=O)[C@@H](O)[C@H]([C@@]2(C)C1=O)[C@@]34C. The smallest absolute Gasteiger partial charge is 0.306 e. The standard InChI is InChI=1S/C21H28O6/c1-9-6-13(26-5)19(25)21(4)11(9)7-14-20(3)12(8-15(22)27-14)10(2)16(23)17(24)18(20)21/h6,9-12,14,17-18,24H,7-8H2,1-5H3/t9-,10-,11-,12+,14-,17-,18+,20-,21+/m1/s1. The Balaban J connectivity index is 1.94. The highest BCUT2D eigenvalue weighted by Gasteiger charge is 2.72. The molecule has 0 aromatic rings. The summed E-state index contributed by atoms with van der Waals surface area (Å²) >= 11 is 0. The van der Waals surface area contributed by atoms with Crippen molar-refractivity contribution < 1.29 is 29.0 Å². The lowest BCUT2D eigenvalue weighted by Crippen LogP contribution is -2.72. The van der Waals surface area contributed by atoms with Crippen molar-refractivity contribution >= 4 is 17.5 Å². The number of allylic oxidation sites excluding steroid dienone is 2. The van der Waals surface area contributed by atoms with Crippen LogP contribution in [0.25, 0.3) is 0 Å². The van der Waals surface area contributed by atoms with Crippen molar-refractivity contribution in [1.82, 2.24) is 0 Å². The summed E-state index contributed by atoms with van der Waals surface area (Å²) in [6.07, 6.45) is 0.880. The number of aliphatic hydroxyl groups is 1. The zero-order valence-electron chi connectivity index (χ0n) is 16.5. The first-order valence-corrected chi connectivity index (χ1v) is 9.80. The fraction of sp³-hybridized carbons (Fsp3) is 0.762. The molecule has 148 valence electrons. The topological polar surface area (TPSA) is 89.9 Å². The van der Waals surface area contributed by atoms with Crippen LogP contribution in [0.1, 0.15) is 40.5 Å². The fourth-order valence-electron chi connectivity index (χ4n) is 7.00. The van der Waals surface area contributed by atoms with Crippen LogP contribution in [-0.2, 0) is 23.9 Å². The van der Waals surface area contributed by atoms with Crippen LogP contribution in [0.4, 0.5) is 0 Å². The third-order valence-electron chi connectivity index (χ3n) is 8.35. The summed E-state index contributed by atoms with van der Waals surface area (Å²) in [6.45, 7) is 7.66. The molecule has 0 amide bonds. The highest BCUT2D eigenvalue weighted by Crippen LogP contribution is 2.67. The Morgan fingerprint density at radius 2 is 1.85 bits per heavy atom. The molecule has 6 heteroatoms. The van der Waals surface area contributed by atoms with Crippen molar-refractivity contribution in [3.05, 3.63) is 11.8 Å². The molecule has 0 radical (unpaired) electrons. The number of carbonyl (C=O) groups excluding carboxylic acids is 3. The molecule has 3 aliphatic carbocycles. The van der Waals surface area contributed by atoms with E-state index in [1.165, 1.54) is 7.11 Å². The van der Waals surface area contributed by atoms with Gasteiger partial charge in [0.05, 0.1) is 7.11 Å². The summed E-state index contributed by atoms with van der Waals surface area (Å²) in [5, 5.41) is 11.1. The Kier molecular flexibility index (Phi) is 3.91. The largest absolute Gasteiger partial charge is 0.493 e. The Hall–Kier alpha value is -1.69. The number of aliphatic hydroxyl groups excluding tert-OH is 1. The third kappa shape index (κ3) is 2.08. The van der Waals surface area contributed by atoms with E-state index in [-0.39, 0.29) is 41.7 Å². The number of Topliss-reactive ketones (excluding diaryl/α,β-unsaturated/α-hetero) is 2. The van der Waals surface area contributed by atoms with Gasteiger partial charge in [-0.1, -0.05) is 27.7 Å². The number of methoxy groups -OCH3 is 1. The van der Waals surface area contributed by atoms with Gasteiger partial charge in [0.15, 0.2) is 11.5 Å². The van der Waals surface area contributed by atoms with Crippen molar-refractivity contribution in [2.75, 3.05) is 7.11 Å². The van der Waals surface area contributed by atoms with Crippen LogP contribution in [-0.4, -0.2) is 42.0 Å². The molecule has 6 nitrogen and oxygen atoms in total. The van der Waals surface area contributed by atoms with Crippen LogP contribution in [0.2, 0.25) is 0 Å². The molecule has 0 aromatic carbocycles. The first-order chi connectivity index (χ1) is 12.6. The minimum atomic E-state index is -1.25. The third-order valence-corrected chi connectivity index (χ3v) is 8.35. The van der Waals surface area contributed by atoms with Gasteiger partial charge in [-0.25, -0.2) is 0 Å². The highest BCUT2D eigenvalue weighted by molar-refractivity contribution is 6.01. The maximum atomic E-state index is 13.4. The summed E-state index contributed by atoms with van der Waals surface area (Å²) in [5.41, 5.74) is -1.57. The number of fused-ring (bicyclic) bond motifs is 2. The normalized spacial score (nSPS) is 51.7. The van der Waals surface area contributed by atoms with Crippen LogP contribution in [0.15, 0.2) is 11.8 Å². The molecule has 4 aliphatic rings. The summed E-state index contributed by atoms with van der Waals surface area (Å²) in [5.74, 6) is -1.82. The molecule has 4 rings (SSSR count). The van der Waals surface area contributed by atoms with E-state index in [9.17, 15) is 19.5 Å². The Morgan fingerprint density at radius 3 is 2.48 bits per heavy atom. The maximum Gasteiger partial charge on any atom is 0.306 e. The van der Waals surface area contributed by atoms with Crippen molar-refractivity contribution in [3.63, 3.8) is 0 Å². The summed E-state index contributed by atoms with van der Waals surface area (Å²) in [7, 11) is 1.48. The molecule has 27 heavy (non-hydrogen) atoms. The molecule has 1 saturated heterocycles. The van der Waals surface area contributed by atoms with E-state index in [0.717, 1.165) is 0 Å². The van der Waals surface area contributed by atoms with Gasteiger partial charge in [0.2, 0.25) is 5.78 Å². The van der Waals surface area contributed by atoms with Crippen LogP contribution in [0.3, 0.4) is 0 Å². The van der Waals surface area contributed by atoms with Gasteiger partial charge in [-0.3, -0.25) is 14.4 Å². The highest BCUT2D eigenvalue weighted by atomic mass is 16.5. The lowest BCUT2D eigenvalue weighted by Gasteiger charge is -2.66. The van der Waals surface area contributed by atoms with Crippen LogP contribution < -0.4 is 0 Å². The second kappa shape index (κ2) is 5.66. The van der Waals surface area contributed by atoms with Crippen molar-refractivity contribution in [2.45, 2.75) is 52.7 Å². The average molecular weight is 376 g/mol. The second-order valence-electron chi connectivity index (χ2n) is 9.32. The molecule has 1 aliphatic heterocycles. The molecular weight excluding hydrogens is 348 g/mol. The number of rotatable bonds is 1. The van der Waals surface area contributed by atoms with Crippen molar-refractivity contribution in [1.29, 1.82) is 0 Å². The number of hydrogen-bond acceptors (Lipinski definition) is 6. The van der Waals surface area contributed by atoms with Gasteiger partial charge in [-0.2, -0.15) is 0 Å². The zero-order valence-corrected chi connectivity index (χ0v) is 16.5. The molecule has 2 saturated carbocycles. The van der Waals surface area contributed by atoms with E-state index in [1.54, 1.807) is 6.92 Å². The summed E-state index contributed by atoms with van der Waals surface area (Å²) < 4.78 is 11.1. The van der Waals surface area contributed by atoms with E-state index in [2.05, 4.69) is 0 Å². The minimum absolute atomic E-state index is 0.00734. The summed E-state index contributed by atoms with van der Waals surface area (Å²) in [4.78, 5) is 38.7. The predicted molar refractivity (Wildman–Crippen MR) is 95.2 cm³/mol. The number of hydrogen-bond donors (Lipinski definition) is 1.